The Morgan fingerprint density at radius 3 is 2.62 bits per heavy atom. The van der Waals surface area contributed by atoms with Gasteiger partial charge in [-0.25, -0.2) is 4.98 Å². The third kappa shape index (κ3) is 5.57. The number of hydrogen-bond donors (Lipinski definition) is 2. The number of aromatic nitrogens is 1. The van der Waals surface area contributed by atoms with E-state index in [1.165, 1.54) is 32.1 Å². The summed E-state index contributed by atoms with van der Waals surface area (Å²) in [7, 11) is 0. The van der Waals surface area contributed by atoms with Crippen molar-refractivity contribution in [2.45, 2.75) is 65.0 Å². The van der Waals surface area contributed by atoms with Gasteiger partial charge < -0.3 is 11.1 Å². The van der Waals surface area contributed by atoms with E-state index >= 15 is 0 Å². The molecule has 0 saturated heterocycles. The van der Waals surface area contributed by atoms with E-state index < -0.39 is 0 Å². The molecule has 1 aromatic heterocycles. The second-order valence-corrected chi connectivity index (χ2v) is 7.09. The largest absolute Gasteiger partial charge is 0.350 e. The summed E-state index contributed by atoms with van der Waals surface area (Å²) in [6.45, 7) is 4.51. The predicted octanol–water partition coefficient (Wildman–Crippen LogP) is 3.10. The van der Waals surface area contributed by atoms with Crippen molar-refractivity contribution in [2.24, 2.45) is 11.7 Å². The van der Waals surface area contributed by atoms with Crippen LogP contribution in [0.2, 0.25) is 0 Å². The molecule has 21 heavy (non-hydrogen) atoms. The smallest absolute Gasteiger partial charge is 0.237 e. The van der Waals surface area contributed by atoms with Crippen molar-refractivity contribution >= 4 is 29.7 Å². The lowest BCUT2D eigenvalue weighted by atomic mass is 9.85. The van der Waals surface area contributed by atoms with E-state index in [4.69, 9.17) is 5.73 Å². The minimum absolute atomic E-state index is 0. The molecule has 1 aromatic rings. The van der Waals surface area contributed by atoms with Gasteiger partial charge in [-0.1, -0.05) is 32.1 Å². The zero-order valence-electron chi connectivity index (χ0n) is 12.9. The van der Waals surface area contributed by atoms with Gasteiger partial charge >= 0.3 is 0 Å². The molecule has 1 heterocycles. The van der Waals surface area contributed by atoms with Gasteiger partial charge in [0, 0.05) is 4.88 Å². The van der Waals surface area contributed by atoms with Crippen LogP contribution in [0.15, 0.2) is 0 Å². The summed E-state index contributed by atoms with van der Waals surface area (Å²) in [6, 6.07) is -0.368. The number of carbonyl (C=O) groups is 1. The second-order valence-electron chi connectivity index (χ2n) is 5.81. The molecule has 1 saturated carbocycles. The van der Waals surface area contributed by atoms with E-state index in [1.54, 1.807) is 11.3 Å². The molecular formula is C15H26ClN3OS. The molecule has 2 rings (SSSR count). The monoisotopic (exact) mass is 331 g/mol. The summed E-state index contributed by atoms with van der Waals surface area (Å²) < 4.78 is 0. The molecule has 6 heteroatoms. The van der Waals surface area contributed by atoms with Gasteiger partial charge in [0.2, 0.25) is 5.91 Å². The maximum Gasteiger partial charge on any atom is 0.237 e. The molecule has 1 atom stereocenters. The Bertz CT molecular complexity index is 458. The van der Waals surface area contributed by atoms with E-state index in [2.05, 4.69) is 10.3 Å². The van der Waals surface area contributed by atoms with Gasteiger partial charge in [-0.15, -0.1) is 23.7 Å². The number of carbonyl (C=O) groups excluding carboxylic acids is 1. The third-order valence-electron chi connectivity index (χ3n) is 4.07. The molecule has 3 N–H and O–H groups in total. The van der Waals surface area contributed by atoms with Gasteiger partial charge in [-0.2, -0.15) is 0 Å². The van der Waals surface area contributed by atoms with Crippen molar-refractivity contribution in [3.63, 3.8) is 0 Å². The molecule has 120 valence electrons. The number of hydrogen-bond acceptors (Lipinski definition) is 4. The fraction of sp³-hybridized carbons (Fsp3) is 0.733. The van der Waals surface area contributed by atoms with Crippen LogP contribution in [0.3, 0.4) is 0 Å². The van der Waals surface area contributed by atoms with Crippen LogP contribution in [0.1, 0.15) is 54.1 Å². The van der Waals surface area contributed by atoms with Gasteiger partial charge in [0.05, 0.1) is 23.3 Å². The van der Waals surface area contributed by atoms with E-state index in [9.17, 15) is 4.79 Å². The predicted molar refractivity (Wildman–Crippen MR) is 89.9 cm³/mol. The Hall–Kier alpha value is -0.650. The van der Waals surface area contributed by atoms with Crippen LogP contribution in [0.25, 0.3) is 0 Å². The summed E-state index contributed by atoms with van der Waals surface area (Å²) >= 11 is 1.64. The molecule has 4 nitrogen and oxygen atoms in total. The highest BCUT2D eigenvalue weighted by Crippen LogP contribution is 2.27. The first-order valence-corrected chi connectivity index (χ1v) is 8.34. The molecule has 1 fully saturated rings. The highest BCUT2D eigenvalue weighted by molar-refractivity contribution is 7.11. The number of thiazole rings is 1. The van der Waals surface area contributed by atoms with Crippen LogP contribution in [0.5, 0.6) is 0 Å². The zero-order valence-corrected chi connectivity index (χ0v) is 14.5. The van der Waals surface area contributed by atoms with Crippen LogP contribution in [0.4, 0.5) is 0 Å². The van der Waals surface area contributed by atoms with E-state index in [1.807, 2.05) is 13.8 Å². The van der Waals surface area contributed by atoms with E-state index in [-0.39, 0.29) is 24.4 Å². The van der Waals surface area contributed by atoms with Crippen molar-refractivity contribution < 1.29 is 4.79 Å². The van der Waals surface area contributed by atoms with Gasteiger partial charge in [-0.05, 0) is 26.2 Å². The van der Waals surface area contributed by atoms with Gasteiger partial charge in [0.15, 0.2) is 0 Å². The van der Waals surface area contributed by atoms with Crippen LogP contribution in [0, 0.1) is 19.8 Å². The number of nitrogens with two attached hydrogens (primary N) is 1. The lowest BCUT2D eigenvalue weighted by Gasteiger charge is -2.24. The Morgan fingerprint density at radius 2 is 2.05 bits per heavy atom. The molecule has 1 aliphatic rings. The molecule has 0 radical (unpaired) electrons. The minimum Gasteiger partial charge on any atom is -0.350 e. The molecule has 0 aliphatic heterocycles. The summed E-state index contributed by atoms with van der Waals surface area (Å²) in [5.41, 5.74) is 7.04. The summed E-state index contributed by atoms with van der Waals surface area (Å²) in [5, 5.41) is 3.99. The number of nitrogens with zero attached hydrogens (tertiary/aromatic N) is 1. The number of halogens is 1. The Kier molecular flexibility index (Phi) is 7.63. The van der Waals surface area contributed by atoms with Crippen molar-refractivity contribution in [3.8, 4) is 0 Å². The quantitative estimate of drug-likeness (QED) is 0.871. The maximum absolute atomic E-state index is 12.1. The molecule has 0 aromatic carbocycles. The van der Waals surface area contributed by atoms with Crippen LogP contribution in [-0.2, 0) is 11.3 Å². The lowest BCUT2D eigenvalue weighted by molar-refractivity contribution is -0.122. The zero-order chi connectivity index (χ0) is 14.5. The van der Waals surface area contributed by atoms with Crippen molar-refractivity contribution in [3.05, 3.63) is 15.6 Å². The number of aryl methyl sites for hydroxylation is 2. The van der Waals surface area contributed by atoms with Crippen molar-refractivity contribution in [1.29, 1.82) is 0 Å². The molecule has 0 spiro atoms. The van der Waals surface area contributed by atoms with Gasteiger partial charge in [0.1, 0.15) is 0 Å². The van der Waals surface area contributed by atoms with E-state index in [0.29, 0.717) is 12.5 Å². The first-order valence-electron chi connectivity index (χ1n) is 7.52. The highest BCUT2D eigenvalue weighted by Gasteiger charge is 2.21. The minimum atomic E-state index is -0.368. The van der Waals surface area contributed by atoms with E-state index in [0.717, 1.165) is 22.0 Å². The number of nitrogens with one attached hydrogen (secondary N) is 1. The molecule has 1 unspecified atom stereocenters. The third-order valence-corrected chi connectivity index (χ3v) is 5.14. The average molecular weight is 332 g/mol. The lowest BCUT2D eigenvalue weighted by Crippen LogP contribution is -2.41. The first-order chi connectivity index (χ1) is 9.56. The molecular weight excluding hydrogens is 306 g/mol. The summed E-state index contributed by atoms with van der Waals surface area (Å²) in [6.07, 6.45) is 7.20. The molecule has 0 bridgehead atoms. The van der Waals surface area contributed by atoms with Crippen molar-refractivity contribution in [2.75, 3.05) is 0 Å². The van der Waals surface area contributed by atoms with Crippen molar-refractivity contribution in [1.82, 2.24) is 10.3 Å². The molecule has 1 amide bonds. The Morgan fingerprint density at radius 1 is 1.38 bits per heavy atom. The average Bonchev–Trinajstić information content (AvgIpc) is 2.75. The second kappa shape index (κ2) is 8.71. The maximum atomic E-state index is 12.1. The Balaban J connectivity index is 0.00000220. The molecule has 1 aliphatic carbocycles. The Labute approximate surface area is 137 Å². The summed E-state index contributed by atoms with van der Waals surface area (Å²) in [4.78, 5) is 17.5. The van der Waals surface area contributed by atoms with Crippen LogP contribution in [-0.4, -0.2) is 16.9 Å². The standard InChI is InChI=1S/C15H25N3OS.ClH/c1-10-14(20-11(2)18-10)9-17-15(19)13(16)8-12-6-4-3-5-7-12;/h12-13H,3-9,16H2,1-2H3,(H,17,19);1H. The first kappa shape index (κ1) is 18.4. The normalized spacial score (nSPS) is 17.1. The highest BCUT2D eigenvalue weighted by atomic mass is 35.5. The SMILES string of the molecule is Cc1nc(C)c(CNC(=O)C(N)CC2CCCCC2)s1.Cl. The number of amides is 1. The van der Waals surface area contributed by atoms with Crippen LogP contribution >= 0.6 is 23.7 Å². The summed E-state index contributed by atoms with van der Waals surface area (Å²) in [5.74, 6) is 0.609. The fourth-order valence-corrected chi connectivity index (χ4v) is 3.80. The van der Waals surface area contributed by atoms with Gasteiger partial charge in [0.25, 0.3) is 0 Å². The number of rotatable bonds is 5. The van der Waals surface area contributed by atoms with Crippen LogP contribution < -0.4 is 11.1 Å². The fourth-order valence-electron chi connectivity index (χ4n) is 2.92. The van der Waals surface area contributed by atoms with Gasteiger partial charge in [-0.3, -0.25) is 4.79 Å². The topological polar surface area (TPSA) is 68.0 Å².